The van der Waals surface area contributed by atoms with E-state index in [0.717, 1.165) is 17.8 Å². The molecule has 0 aliphatic carbocycles. The summed E-state index contributed by atoms with van der Waals surface area (Å²) in [6.45, 7) is 5.11. The van der Waals surface area contributed by atoms with Crippen LogP contribution in [-0.2, 0) is 6.54 Å². The maximum absolute atomic E-state index is 7.40. The zero-order valence-electron chi connectivity index (χ0n) is 12.3. The van der Waals surface area contributed by atoms with E-state index < -0.39 is 0 Å². The molecule has 0 bridgehead atoms. The van der Waals surface area contributed by atoms with Crippen LogP contribution in [0.5, 0.6) is 0 Å². The van der Waals surface area contributed by atoms with Gasteiger partial charge in [-0.1, -0.05) is 29.3 Å². The van der Waals surface area contributed by atoms with Crippen LogP contribution in [-0.4, -0.2) is 12.9 Å². The average Bonchev–Trinajstić information content (AvgIpc) is 2.37. The number of rotatable bonds is 4. The number of nitrogens with zero attached hydrogens (tertiary/aromatic N) is 1. The lowest BCUT2D eigenvalue weighted by Crippen LogP contribution is -2.17. The van der Waals surface area contributed by atoms with Gasteiger partial charge in [0.2, 0.25) is 0 Å². The van der Waals surface area contributed by atoms with Gasteiger partial charge in [-0.25, -0.2) is 0 Å². The van der Waals surface area contributed by atoms with Crippen molar-refractivity contribution in [1.29, 1.82) is 5.41 Å². The minimum absolute atomic E-state index is 0.105. The largest absolute Gasteiger partial charge is 0.384 e. The number of amidine groups is 1. The van der Waals surface area contributed by atoms with Gasteiger partial charge in [0.25, 0.3) is 0 Å². The first-order valence-electron chi connectivity index (χ1n) is 6.68. The summed E-state index contributed by atoms with van der Waals surface area (Å²) in [5, 5.41) is 7.40. The van der Waals surface area contributed by atoms with Crippen molar-refractivity contribution >= 4 is 11.5 Å². The van der Waals surface area contributed by atoms with Crippen LogP contribution in [0.2, 0.25) is 0 Å². The van der Waals surface area contributed by atoms with Crippen LogP contribution in [0.3, 0.4) is 0 Å². The van der Waals surface area contributed by atoms with Gasteiger partial charge in [-0.2, -0.15) is 0 Å². The lowest BCUT2D eigenvalue weighted by molar-refractivity contribution is 0.919. The van der Waals surface area contributed by atoms with E-state index in [1.807, 2.05) is 24.3 Å². The van der Waals surface area contributed by atoms with Crippen molar-refractivity contribution in [3.63, 3.8) is 0 Å². The normalized spacial score (nSPS) is 10.3. The molecular weight excluding hydrogens is 246 g/mol. The number of hydrogen-bond donors (Lipinski definition) is 2. The number of benzene rings is 2. The van der Waals surface area contributed by atoms with Crippen LogP contribution in [0.1, 0.15) is 22.3 Å². The summed E-state index contributed by atoms with van der Waals surface area (Å²) in [7, 11) is 2.07. The molecule has 0 aromatic heterocycles. The van der Waals surface area contributed by atoms with Crippen LogP contribution >= 0.6 is 0 Å². The maximum atomic E-state index is 7.40. The summed E-state index contributed by atoms with van der Waals surface area (Å²) in [4.78, 5) is 2.19. The van der Waals surface area contributed by atoms with Gasteiger partial charge >= 0.3 is 0 Å². The Bertz CT molecular complexity index is 594. The predicted molar refractivity (Wildman–Crippen MR) is 85.5 cm³/mol. The first-order chi connectivity index (χ1) is 9.45. The van der Waals surface area contributed by atoms with E-state index in [1.54, 1.807) is 0 Å². The molecule has 0 aliphatic heterocycles. The molecule has 2 aromatic rings. The number of anilines is 1. The zero-order chi connectivity index (χ0) is 14.7. The van der Waals surface area contributed by atoms with Crippen LogP contribution in [0.25, 0.3) is 0 Å². The lowest BCUT2D eigenvalue weighted by atomic mass is 10.1. The van der Waals surface area contributed by atoms with Crippen molar-refractivity contribution in [3.8, 4) is 0 Å². The molecule has 0 saturated carbocycles. The molecule has 0 radical (unpaired) electrons. The first kappa shape index (κ1) is 14.1. The summed E-state index contributed by atoms with van der Waals surface area (Å²) < 4.78 is 0. The molecule has 0 aliphatic rings. The standard InChI is InChI=1S/C17H21N3/c1-12-8-13(2)10-14(9-12)11-20(3)16-6-4-15(5-7-16)17(18)19/h4-10H,11H2,1-3H3,(H3,18,19). The predicted octanol–water partition coefficient (Wildman–Crippen LogP) is 3.22. The van der Waals surface area contributed by atoms with Gasteiger partial charge in [0.1, 0.15) is 5.84 Å². The molecule has 0 fully saturated rings. The third kappa shape index (κ3) is 3.38. The highest BCUT2D eigenvalue weighted by Crippen LogP contribution is 2.18. The molecule has 0 saturated heterocycles. The van der Waals surface area contributed by atoms with E-state index in [2.05, 4.69) is 44.0 Å². The summed E-state index contributed by atoms with van der Waals surface area (Å²) in [5.41, 5.74) is 11.2. The fourth-order valence-electron chi connectivity index (χ4n) is 2.42. The fraction of sp³-hybridized carbons (Fsp3) is 0.235. The van der Waals surface area contributed by atoms with Crippen LogP contribution < -0.4 is 10.6 Å². The third-order valence-corrected chi connectivity index (χ3v) is 3.32. The molecule has 3 N–H and O–H groups in total. The molecule has 2 aromatic carbocycles. The Morgan fingerprint density at radius 2 is 1.60 bits per heavy atom. The summed E-state index contributed by atoms with van der Waals surface area (Å²) >= 11 is 0. The van der Waals surface area contributed by atoms with E-state index in [1.165, 1.54) is 16.7 Å². The average molecular weight is 267 g/mol. The molecule has 2 rings (SSSR count). The molecule has 3 nitrogen and oxygen atoms in total. The van der Waals surface area contributed by atoms with Crippen molar-refractivity contribution in [1.82, 2.24) is 0 Å². The molecule has 0 spiro atoms. The van der Waals surface area contributed by atoms with Gasteiger partial charge in [-0.15, -0.1) is 0 Å². The quantitative estimate of drug-likeness (QED) is 0.660. The van der Waals surface area contributed by atoms with E-state index in [9.17, 15) is 0 Å². The Kier molecular flexibility index (Phi) is 4.08. The van der Waals surface area contributed by atoms with Gasteiger partial charge in [-0.05, 0) is 43.7 Å². The Hall–Kier alpha value is -2.29. The van der Waals surface area contributed by atoms with Gasteiger partial charge < -0.3 is 10.6 Å². The monoisotopic (exact) mass is 267 g/mol. The number of nitrogens with two attached hydrogens (primary N) is 1. The topological polar surface area (TPSA) is 53.1 Å². The molecule has 20 heavy (non-hydrogen) atoms. The summed E-state index contributed by atoms with van der Waals surface area (Å²) in [5.74, 6) is 0.105. The van der Waals surface area contributed by atoms with Crippen LogP contribution in [0.4, 0.5) is 5.69 Å². The van der Waals surface area contributed by atoms with Gasteiger partial charge in [0.15, 0.2) is 0 Å². The van der Waals surface area contributed by atoms with Crippen molar-refractivity contribution in [2.75, 3.05) is 11.9 Å². The van der Waals surface area contributed by atoms with Gasteiger partial charge in [0.05, 0.1) is 0 Å². The van der Waals surface area contributed by atoms with E-state index in [-0.39, 0.29) is 5.84 Å². The molecule has 104 valence electrons. The second-order valence-electron chi connectivity index (χ2n) is 5.31. The van der Waals surface area contributed by atoms with E-state index in [4.69, 9.17) is 11.1 Å². The smallest absolute Gasteiger partial charge is 0.122 e. The molecule has 0 unspecified atom stereocenters. The Balaban J connectivity index is 2.14. The maximum Gasteiger partial charge on any atom is 0.122 e. The highest BCUT2D eigenvalue weighted by Gasteiger charge is 2.04. The lowest BCUT2D eigenvalue weighted by Gasteiger charge is -2.20. The third-order valence-electron chi connectivity index (χ3n) is 3.32. The zero-order valence-corrected chi connectivity index (χ0v) is 12.3. The molecule has 0 amide bonds. The van der Waals surface area contributed by atoms with Crippen molar-refractivity contribution in [2.24, 2.45) is 5.73 Å². The van der Waals surface area contributed by atoms with Crippen LogP contribution in [0.15, 0.2) is 42.5 Å². The minimum Gasteiger partial charge on any atom is -0.384 e. The molecule has 0 heterocycles. The second-order valence-corrected chi connectivity index (χ2v) is 5.31. The molecule has 3 heteroatoms. The second kappa shape index (κ2) is 5.78. The Morgan fingerprint density at radius 3 is 2.10 bits per heavy atom. The molecular formula is C17H21N3. The van der Waals surface area contributed by atoms with Crippen LogP contribution in [0, 0.1) is 19.3 Å². The van der Waals surface area contributed by atoms with Crippen molar-refractivity contribution in [3.05, 3.63) is 64.7 Å². The van der Waals surface area contributed by atoms with Gasteiger partial charge in [0, 0.05) is 24.8 Å². The Labute approximate surface area is 120 Å². The van der Waals surface area contributed by atoms with Gasteiger partial charge in [-0.3, -0.25) is 5.41 Å². The Morgan fingerprint density at radius 1 is 1.05 bits per heavy atom. The fourth-order valence-corrected chi connectivity index (χ4v) is 2.42. The van der Waals surface area contributed by atoms with E-state index >= 15 is 0 Å². The summed E-state index contributed by atoms with van der Waals surface area (Å²) in [6, 6.07) is 14.4. The van der Waals surface area contributed by atoms with E-state index in [0.29, 0.717) is 0 Å². The number of nitrogen functional groups attached to an aromatic ring is 1. The minimum atomic E-state index is 0.105. The number of hydrogen-bond acceptors (Lipinski definition) is 2. The highest BCUT2D eigenvalue weighted by atomic mass is 15.1. The summed E-state index contributed by atoms with van der Waals surface area (Å²) in [6.07, 6.45) is 0. The van der Waals surface area contributed by atoms with Crippen molar-refractivity contribution in [2.45, 2.75) is 20.4 Å². The number of aryl methyl sites for hydroxylation is 2. The highest BCUT2D eigenvalue weighted by molar-refractivity contribution is 5.95. The number of nitrogens with one attached hydrogen (secondary N) is 1. The first-order valence-corrected chi connectivity index (χ1v) is 6.68. The molecule has 0 atom stereocenters. The SMILES string of the molecule is Cc1cc(C)cc(CN(C)c2ccc(C(=N)N)cc2)c1. The van der Waals surface area contributed by atoms with Crippen molar-refractivity contribution < 1.29 is 0 Å².